The van der Waals surface area contributed by atoms with E-state index in [1.807, 2.05) is 0 Å². The minimum absolute atomic E-state index is 0.217. The minimum atomic E-state index is -0.217. The molecule has 1 saturated heterocycles. The van der Waals surface area contributed by atoms with Crippen LogP contribution in [0.2, 0.25) is 0 Å². The molecule has 0 saturated carbocycles. The highest BCUT2D eigenvalue weighted by Gasteiger charge is 2.23. The fourth-order valence-corrected chi connectivity index (χ4v) is 3.57. The topological polar surface area (TPSA) is 70.7 Å². The van der Waals surface area contributed by atoms with Crippen molar-refractivity contribution in [3.05, 3.63) is 48.0 Å². The van der Waals surface area contributed by atoms with E-state index in [0.29, 0.717) is 12.3 Å². The molecule has 0 spiro atoms. The molecule has 0 aliphatic carbocycles. The molecule has 3 rings (SSSR count). The Morgan fingerprint density at radius 3 is 2.84 bits per heavy atom. The largest absolute Gasteiger partial charge is 0.370 e. The molecular formula is C20H26N4O. The van der Waals surface area contributed by atoms with E-state index in [1.165, 1.54) is 16.3 Å². The van der Waals surface area contributed by atoms with Crippen LogP contribution in [0.4, 0.5) is 0 Å². The van der Waals surface area contributed by atoms with E-state index in [-0.39, 0.29) is 5.91 Å². The highest BCUT2D eigenvalue weighted by Crippen LogP contribution is 2.20. The number of rotatable bonds is 4. The molecule has 1 aliphatic rings. The van der Waals surface area contributed by atoms with E-state index < -0.39 is 0 Å². The number of primary amides is 1. The summed E-state index contributed by atoms with van der Waals surface area (Å²) in [5.41, 5.74) is 6.58. The normalized spacial score (nSPS) is 18.4. The number of amides is 1. The Morgan fingerprint density at radius 2 is 2.08 bits per heavy atom. The number of carbonyl (C=O) groups is 1. The van der Waals surface area contributed by atoms with Crippen molar-refractivity contribution in [2.45, 2.75) is 25.8 Å². The molecule has 2 aromatic carbocycles. The lowest BCUT2D eigenvalue weighted by atomic mass is 9.95. The van der Waals surface area contributed by atoms with E-state index in [9.17, 15) is 4.79 Å². The summed E-state index contributed by atoms with van der Waals surface area (Å²) in [6.45, 7) is 2.53. The predicted octanol–water partition coefficient (Wildman–Crippen LogP) is 2.50. The monoisotopic (exact) mass is 338 g/mol. The van der Waals surface area contributed by atoms with Crippen LogP contribution in [0.25, 0.3) is 10.8 Å². The number of nitrogens with two attached hydrogens (primary N) is 1. The van der Waals surface area contributed by atoms with Crippen LogP contribution in [0, 0.1) is 5.92 Å². The van der Waals surface area contributed by atoms with E-state index >= 15 is 0 Å². The van der Waals surface area contributed by atoms with Gasteiger partial charge in [-0.1, -0.05) is 36.4 Å². The molecule has 0 bridgehead atoms. The van der Waals surface area contributed by atoms with Crippen LogP contribution in [-0.4, -0.2) is 36.9 Å². The average molecular weight is 338 g/mol. The highest BCUT2D eigenvalue weighted by atomic mass is 16.1. The summed E-state index contributed by atoms with van der Waals surface area (Å²) >= 11 is 0. The summed E-state index contributed by atoms with van der Waals surface area (Å²) in [6.07, 6.45) is 2.58. The van der Waals surface area contributed by atoms with Crippen molar-refractivity contribution in [1.82, 2.24) is 10.2 Å². The Hall–Kier alpha value is -2.56. The van der Waals surface area contributed by atoms with Crippen LogP contribution in [0.5, 0.6) is 0 Å². The van der Waals surface area contributed by atoms with Gasteiger partial charge in [0.2, 0.25) is 5.91 Å². The maximum Gasteiger partial charge on any atom is 0.217 e. The summed E-state index contributed by atoms with van der Waals surface area (Å²) < 4.78 is 0. The average Bonchev–Trinajstić information content (AvgIpc) is 2.62. The molecule has 2 aromatic rings. The van der Waals surface area contributed by atoms with Crippen molar-refractivity contribution in [2.75, 3.05) is 20.1 Å². The van der Waals surface area contributed by atoms with Crippen molar-refractivity contribution in [3.63, 3.8) is 0 Å². The first-order chi connectivity index (χ1) is 12.2. The van der Waals surface area contributed by atoms with Crippen LogP contribution >= 0.6 is 0 Å². The zero-order chi connectivity index (χ0) is 17.6. The van der Waals surface area contributed by atoms with Crippen LogP contribution in [0.3, 0.4) is 0 Å². The van der Waals surface area contributed by atoms with Gasteiger partial charge in [0.25, 0.3) is 0 Å². The lowest BCUT2D eigenvalue weighted by Crippen LogP contribution is -2.46. The highest BCUT2D eigenvalue weighted by molar-refractivity contribution is 5.83. The molecule has 3 N–H and O–H groups in total. The maximum atomic E-state index is 11.2. The van der Waals surface area contributed by atoms with Crippen molar-refractivity contribution in [3.8, 4) is 0 Å². The van der Waals surface area contributed by atoms with Crippen LogP contribution < -0.4 is 11.1 Å². The van der Waals surface area contributed by atoms with Crippen molar-refractivity contribution in [2.24, 2.45) is 16.6 Å². The Labute approximate surface area is 148 Å². The van der Waals surface area contributed by atoms with Crippen LogP contribution in [0.15, 0.2) is 47.5 Å². The Balaban J connectivity index is 1.62. The first-order valence-electron chi connectivity index (χ1n) is 8.87. The molecule has 1 aliphatic heterocycles. The summed E-state index contributed by atoms with van der Waals surface area (Å²) in [7, 11) is 1.81. The third kappa shape index (κ3) is 4.50. The molecule has 1 heterocycles. The van der Waals surface area contributed by atoms with E-state index in [2.05, 4.69) is 57.7 Å². The third-order valence-electron chi connectivity index (χ3n) is 4.78. The zero-order valence-corrected chi connectivity index (χ0v) is 14.7. The van der Waals surface area contributed by atoms with Gasteiger partial charge in [-0.15, -0.1) is 0 Å². The Morgan fingerprint density at radius 1 is 1.28 bits per heavy atom. The fraction of sp³-hybridized carbons (Fsp3) is 0.400. The van der Waals surface area contributed by atoms with Gasteiger partial charge in [-0.3, -0.25) is 9.79 Å². The molecule has 0 aromatic heterocycles. The van der Waals surface area contributed by atoms with Gasteiger partial charge in [-0.2, -0.15) is 0 Å². The molecule has 1 unspecified atom stereocenters. The summed E-state index contributed by atoms with van der Waals surface area (Å²) in [4.78, 5) is 17.8. The SMILES string of the molecule is CN=C(NCc1ccc2ccccc2c1)N1CCCC(CC(N)=O)C1. The zero-order valence-electron chi connectivity index (χ0n) is 14.7. The molecule has 1 amide bonds. The molecular weight excluding hydrogens is 312 g/mol. The molecule has 5 heteroatoms. The van der Waals surface area contributed by atoms with E-state index in [1.54, 1.807) is 7.05 Å². The van der Waals surface area contributed by atoms with Gasteiger partial charge in [0.15, 0.2) is 5.96 Å². The standard InChI is InChI=1S/C20H26N4O/c1-22-20(24-10-4-5-16(14-24)12-19(21)25)23-13-15-8-9-17-6-2-3-7-18(17)11-15/h2-3,6-9,11,16H,4-5,10,12-14H2,1H3,(H2,21,25)(H,22,23). The number of carbonyl (C=O) groups excluding carboxylic acids is 1. The minimum Gasteiger partial charge on any atom is -0.370 e. The fourth-order valence-electron chi connectivity index (χ4n) is 3.57. The molecule has 1 fully saturated rings. The van der Waals surface area contributed by atoms with Gasteiger partial charge in [-0.25, -0.2) is 0 Å². The second-order valence-electron chi connectivity index (χ2n) is 6.71. The first-order valence-corrected chi connectivity index (χ1v) is 8.87. The number of fused-ring (bicyclic) bond motifs is 1. The van der Waals surface area contributed by atoms with Gasteiger partial charge in [0, 0.05) is 33.1 Å². The van der Waals surface area contributed by atoms with Crippen LogP contribution in [-0.2, 0) is 11.3 Å². The van der Waals surface area contributed by atoms with E-state index in [4.69, 9.17) is 5.73 Å². The van der Waals surface area contributed by atoms with Crippen molar-refractivity contribution < 1.29 is 4.79 Å². The lowest BCUT2D eigenvalue weighted by molar-refractivity contribution is -0.119. The van der Waals surface area contributed by atoms with Crippen LogP contribution in [0.1, 0.15) is 24.8 Å². The quantitative estimate of drug-likeness (QED) is 0.665. The first kappa shape index (κ1) is 17.3. The maximum absolute atomic E-state index is 11.2. The molecule has 0 radical (unpaired) electrons. The van der Waals surface area contributed by atoms with Gasteiger partial charge in [-0.05, 0) is 41.2 Å². The third-order valence-corrected chi connectivity index (χ3v) is 4.78. The van der Waals surface area contributed by atoms with Gasteiger partial charge < -0.3 is 16.0 Å². The summed E-state index contributed by atoms with van der Waals surface area (Å²) in [5, 5.41) is 5.95. The summed E-state index contributed by atoms with van der Waals surface area (Å²) in [5.74, 6) is 0.999. The number of piperidine rings is 1. The van der Waals surface area contributed by atoms with E-state index in [0.717, 1.165) is 38.4 Å². The Kier molecular flexibility index (Phi) is 5.53. The lowest BCUT2D eigenvalue weighted by Gasteiger charge is -2.34. The number of aliphatic imine (C=N–C) groups is 1. The second-order valence-corrected chi connectivity index (χ2v) is 6.71. The number of guanidine groups is 1. The number of nitrogens with zero attached hydrogens (tertiary/aromatic N) is 2. The number of hydrogen-bond acceptors (Lipinski definition) is 2. The van der Waals surface area contributed by atoms with Gasteiger partial charge >= 0.3 is 0 Å². The van der Waals surface area contributed by atoms with Gasteiger partial charge in [0.05, 0.1) is 0 Å². The molecule has 5 nitrogen and oxygen atoms in total. The van der Waals surface area contributed by atoms with Crippen molar-refractivity contribution in [1.29, 1.82) is 0 Å². The molecule has 1 atom stereocenters. The number of likely N-dealkylation sites (tertiary alicyclic amines) is 1. The van der Waals surface area contributed by atoms with Gasteiger partial charge in [0.1, 0.15) is 0 Å². The number of hydrogen-bond donors (Lipinski definition) is 2. The Bertz CT molecular complexity index is 771. The second kappa shape index (κ2) is 8.01. The molecule has 132 valence electrons. The summed E-state index contributed by atoms with van der Waals surface area (Å²) in [6, 6.07) is 14.9. The number of benzene rings is 2. The predicted molar refractivity (Wildman–Crippen MR) is 102 cm³/mol. The number of nitrogens with one attached hydrogen (secondary N) is 1. The smallest absolute Gasteiger partial charge is 0.217 e. The van der Waals surface area contributed by atoms with Crippen molar-refractivity contribution >= 4 is 22.6 Å². The molecule has 25 heavy (non-hydrogen) atoms.